The molecule has 56 heavy (non-hydrogen) atoms. The molecule has 0 aliphatic heterocycles. The van der Waals surface area contributed by atoms with Gasteiger partial charge in [0.25, 0.3) is 0 Å². The molecule has 0 aromatic heterocycles. The standard InChI is InChI=1S/C23H25N3.C13H11BrN2.C10H15BNO2/c1-4-26(5-2)23-16-10-20(11-17-23)19-8-14-22(15-9-19)25-24-21-12-6-18(3)7-13-21;1-10-2-6-12(7-3-10)15-16-13-8-4-11(14)5-9-13;1-3-12(4-2)9-5-7-10(8-6-9)14-11-13/h6-17H,4-5H2,1-3H3;2-9H,1H3;5-8,13H,3-4H2,1-2H3. The summed E-state index contributed by atoms with van der Waals surface area (Å²) in [6.07, 6.45) is 0. The number of rotatable bonds is 13. The Kier molecular flexibility index (Phi) is 18.0. The van der Waals surface area contributed by atoms with Crippen LogP contribution in [0.3, 0.4) is 0 Å². The van der Waals surface area contributed by atoms with E-state index in [2.05, 4.69) is 124 Å². The molecule has 6 aromatic carbocycles. The van der Waals surface area contributed by atoms with Gasteiger partial charge in [0.2, 0.25) is 0 Å². The van der Waals surface area contributed by atoms with Crippen molar-refractivity contribution in [3.63, 3.8) is 0 Å². The van der Waals surface area contributed by atoms with Gasteiger partial charge in [0.15, 0.2) is 0 Å². The molecule has 0 amide bonds. The van der Waals surface area contributed by atoms with Crippen molar-refractivity contribution in [1.82, 2.24) is 0 Å². The van der Waals surface area contributed by atoms with Crippen LogP contribution < -0.4 is 14.5 Å². The first-order valence-corrected chi connectivity index (χ1v) is 19.7. The van der Waals surface area contributed by atoms with Gasteiger partial charge in [0, 0.05) is 42.0 Å². The predicted octanol–water partition coefficient (Wildman–Crippen LogP) is 13.5. The van der Waals surface area contributed by atoms with Gasteiger partial charge in [-0.05, 0) is 150 Å². The van der Waals surface area contributed by atoms with Crippen LogP contribution in [0, 0.1) is 13.8 Å². The van der Waals surface area contributed by atoms with Gasteiger partial charge in [0.1, 0.15) is 5.75 Å². The van der Waals surface area contributed by atoms with Crippen LogP contribution in [0.25, 0.3) is 11.1 Å². The molecule has 0 unspecified atom stereocenters. The summed E-state index contributed by atoms with van der Waals surface area (Å²) in [7, 11) is 0.687. The Balaban J connectivity index is 0.000000200. The Hall–Kier alpha value is -5.58. The fourth-order valence-corrected chi connectivity index (χ4v) is 5.79. The van der Waals surface area contributed by atoms with Crippen molar-refractivity contribution in [2.45, 2.75) is 41.5 Å². The summed E-state index contributed by atoms with van der Waals surface area (Å²) < 4.78 is 5.86. The molecule has 0 saturated heterocycles. The van der Waals surface area contributed by atoms with Crippen LogP contribution in [0.1, 0.15) is 38.8 Å². The molecule has 8 nitrogen and oxygen atoms in total. The molecule has 0 bridgehead atoms. The van der Waals surface area contributed by atoms with E-state index >= 15 is 0 Å². The van der Waals surface area contributed by atoms with E-state index in [9.17, 15) is 0 Å². The van der Waals surface area contributed by atoms with Gasteiger partial charge in [-0.1, -0.05) is 75.6 Å². The van der Waals surface area contributed by atoms with Gasteiger partial charge in [-0.15, -0.1) is 0 Å². The van der Waals surface area contributed by atoms with Gasteiger partial charge in [-0.2, -0.15) is 20.5 Å². The number of aryl methyl sites for hydroxylation is 2. The summed E-state index contributed by atoms with van der Waals surface area (Å²) in [6, 6.07) is 48.3. The molecular weight excluding hydrogens is 759 g/mol. The Bertz CT molecular complexity index is 2000. The molecule has 0 atom stereocenters. The van der Waals surface area contributed by atoms with Crippen LogP contribution >= 0.6 is 15.9 Å². The maximum Gasteiger partial charge on any atom is 0.569 e. The Labute approximate surface area is 342 Å². The van der Waals surface area contributed by atoms with Crippen molar-refractivity contribution in [2.24, 2.45) is 20.5 Å². The summed E-state index contributed by atoms with van der Waals surface area (Å²) in [5, 5.41) is 25.3. The highest BCUT2D eigenvalue weighted by molar-refractivity contribution is 9.10. The number of benzene rings is 6. The van der Waals surface area contributed by atoms with Crippen LogP contribution in [0.4, 0.5) is 34.1 Å². The van der Waals surface area contributed by atoms with E-state index in [4.69, 9.17) is 9.68 Å². The molecule has 1 radical (unpaired) electrons. The lowest BCUT2D eigenvalue weighted by molar-refractivity contribution is 0.454. The molecule has 6 aromatic rings. The van der Waals surface area contributed by atoms with Crippen molar-refractivity contribution >= 4 is 57.7 Å². The molecule has 6 rings (SSSR count). The smallest absolute Gasteiger partial charge is 0.537 e. The first kappa shape index (κ1) is 43.2. The lowest BCUT2D eigenvalue weighted by Crippen LogP contribution is -2.21. The number of halogens is 1. The van der Waals surface area contributed by atoms with E-state index in [0.29, 0.717) is 13.4 Å². The minimum atomic E-state index is 0.642. The van der Waals surface area contributed by atoms with Gasteiger partial charge >= 0.3 is 7.69 Å². The lowest BCUT2D eigenvalue weighted by atomic mass is 10.0. The maximum absolute atomic E-state index is 8.43. The van der Waals surface area contributed by atoms with Gasteiger partial charge in [-0.3, -0.25) is 0 Å². The molecule has 0 aliphatic rings. The van der Waals surface area contributed by atoms with E-state index in [-0.39, 0.29) is 0 Å². The van der Waals surface area contributed by atoms with Crippen LogP contribution in [-0.4, -0.2) is 38.9 Å². The van der Waals surface area contributed by atoms with Gasteiger partial charge in [-0.25, -0.2) is 0 Å². The highest BCUT2D eigenvalue weighted by atomic mass is 79.9. The highest BCUT2D eigenvalue weighted by Crippen LogP contribution is 2.27. The monoisotopic (exact) mass is 809 g/mol. The predicted molar refractivity (Wildman–Crippen MR) is 239 cm³/mol. The number of hydrogen-bond donors (Lipinski definition) is 1. The molecule has 0 spiro atoms. The minimum Gasteiger partial charge on any atom is -0.537 e. The zero-order valence-corrected chi connectivity index (χ0v) is 34.8. The van der Waals surface area contributed by atoms with Crippen molar-refractivity contribution < 1.29 is 9.68 Å². The Morgan fingerprint density at radius 3 is 1.11 bits per heavy atom. The second-order valence-corrected chi connectivity index (χ2v) is 13.6. The fraction of sp³-hybridized carbons (Fsp3) is 0.217. The molecule has 0 aliphatic carbocycles. The van der Waals surface area contributed by atoms with Crippen molar-refractivity contribution in [2.75, 3.05) is 36.0 Å². The third-order valence-corrected chi connectivity index (χ3v) is 9.34. The Morgan fingerprint density at radius 1 is 0.464 bits per heavy atom. The molecule has 287 valence electrons. The van der Waals surface area contributed by atoms with Gasteiger partial charge < -0.3 is 19.5 Å². The van der Waals surface area contributed by atoms with E-state index in [1.54, 1.807) is 0 Å². The van der Waals surface area contributed by atoms with E-state index < -0.39 is 0 Å². The summed E-state index contributed by atoms with van der Waals surface area (Å²) in [4.78, 5) is 4.59. The van der Waals surface area contributed by atoms with Crippen molar-refractivity contribution in [3.05, 3.63) is 161 Å². The van der Waals surface area contributed by atoms with E-state index in [1.807, 2.05) is 109 Å². The van der Waals surface area contributed by atoms with E-state index in [0.717, 1.165) is 53.4 Å². The summed E-state index contributed by atoms with van der Waals surface area (Å²) >= 11 is 3.38. The first-order valence-electron chi connectivity index (χ1n) is 18.9. The highest BCUT2D eigenvalue weighted by Gasteiger charge is 2.04. The normalized spacial score (nSPS) is 10.6. The van der Waals surface area contributed by atoms with E-state index in [1.165, 1.54) is 33.6 Å². The van der Waals surface area contributed by atoms with Crippen LogP contribution in [0.2, 0.25) is 0 Å². The van der Waals surface area contributed by atoms with Crippen molar-refractivity contribution in [1.29, 1.82) is 0 Å². The number of hydrogen-bond acceptors (Lipinski definition) is 8. The number of anilines is 2. The molecule has 0 fully saturated rings. The molecule has 0 saturated carbocycles. The number of nitrogens with zero attached hydrogens (tertiary/aromatic N) is 6. The summed E-state index contributed by atoms with van der Waals surface area (Å²) in [6.45, 7) is 16.7. The molecule has 10 heteroatoms. The quantitative estimate of drug-likeness (QED) is 0.0930. The Morgan fingerprint density at radius 2 is 0.768 bits per heavy atom. The van der Waals surface area contributed by atoms with Crippen LogP contribution in [-0.2, 0) is 0 Å². The molecule has 1 N–H and O–H groups in total. The van der Waals surface area contributed by atoms with Crippen LogP contribution in [0.15, 0.2) is 171 Å². The third-order valence-electron chi connectivity index (χ3n) is 8.81. The fourth-order valence-electron chi connectivity index (χ4n) is 5.52. The molecule has 0 heterocycles. The second-order valence-electron chi connectivity index (χ2n) is 12.7. The first-order chi connectivity index (χ1) is 27.2. The van der Waals surface area contributed by atoms with Crippen molar-refractivity contribution in [3.8, 4) is 16.9 Å². The maximum atomic E-state index is 8.43. The topological polar surface area (TPSA) is 85.4 Å². The average molecular weight is 811 g/mol. The lowest BCUT2D eigenvalue weighted by Gasteiger charge is -2.21. The minimum absolute atomic E-state index is 0.642. The average Bonchev–Trinajstić information content (AvgIpc) is 3.24. The largest absolute Gasteiger partial charge is 0.569 e. The van der Waals surface area contributed by atoms with Gasteiger partial charge in [0.05, 0.1) is 22.7 Å². The number of azo groups is 2. The summed E-state index contributed by atoms with van der Waals surface area (Å²) in [5.41, 5.74) is 10.7. The SMILES string of the molecule is CCN(CC)c1ccc(-c2ccc(N=Nc3ccc(C)cc3)cc2)cc1.CCN(CC)c1ccc(O[B]O)cc1.Cc1ccc(N=Nc2ccc(Br)cc2)cc1. The summed E-state index contributed by atoms with van der Waals surface area (Å²) in [5.74, 6) is 0.642. The van der Waals surface area contributed by atoms with Crippen LogP contribution in [0.5, 0.6) is 5.75 Å². The molecular formula is C46H51BBrN6O2. The zero-order chi connectivity index (χ0) is 40.1. The second kappa shape index (κ2) is 23.4. The third kappa shape index (κ3) is 14.2. The zero-order valence-electron chi connectivity index (χ0n) is 33.2.